The molecule has 16 heavy (non-hydrogen) atoms. The summed E-state index contributed by atoms with van der Waals surface area (Å²) in [7, 11) is 1.35. The first-order chi connectivity index (χ1) is 7.20. The lowest BCUT2D eigenvalue weighted by atomic mass is 10.1. The monoisotopic (exact) mass is 231 g/mol. The van der Waals surface area contributed by atoms with Crippen LogP contribution in [0, 0.1) is 0 Å². The number of carbonyl (C=O) groups is 3. The third-order valence-electron chi connectivity index (χ3n) is 2.01. The van der Waals surface area contributed by atoms with E-state index in [1.165, 1.54) is 21.0 Å². The molecular weight excluding hydrogens is 214 g/mol. The number of ether oxygens (including phenoxy) is 1. The summed E-state index contributed by atoms with van der Waals surface area (Å²) in [6, 6.07) is 0. The zero-order chi connectivity index (χ0) is 12.9. The largest absolute Gasteiger partial charge is 0.369 e. The minimum Gasteiger partial charge on any atom is -0.369 e. The highest BCUT2D eigenvalue weighted by molar-refractivity contribution is 5.91. The zero-order valence-electron chi connectivity index (χ0n) is 9.65. The van der Waals surface area contributed by atoms with Crippen molar-refractivity contribution < 1.29 is 19.1 Å². The average molecular weight is 231 g/mol. The number of nitrogens with two attached hydrogens (primary N) is 2. The van der Waals surface area contributed by atoms with Gasteiger partial charge in [-0.1, -0.05) is 0 Å². The van der Waals surface area contributed by atoms with Crippen molar-refractivity contribution in [3.8, 4) is 0 Å². The molecule has 0 aliphatic carbocycles. The van der Waals surface area contributed by atoms with Gasteiger partial charge in [0.05, 0.1) is 13.1 Å². The van der Waals surface area contributed by atoms with Gasteiger partial charge in [0.1, 0.15) is 5.60 Å². The van der Waals surface area contributed by atoms with Gasteiger partial charge >= 0.3 is 0 Å². The molecule has 0 heterocycles. The van der Waals surface area contributed by atoms with Crippen molar-refractivity contribution >= 4 is 17.7 Å². The van der Waals surface area contributed by atoms with Crippen molar-refractivity contribution in [3.63, 3.8) is 0 Å². The zero-order valence-corrected chi connectivity index (χ0v) is 9.65. The maximum absolute atomic E-state index is 11.9. The SMILES string of the molecule is COC(C)(C)C(=O)N(CC(N)=O)CC(N)=O. The lowest BCUT2D eigenvalue weighted by Crippen LogP contribution is -2.51. The number of hydrogen-bond acceptors (Lipinski definition) is 4. The van der Waals surface area contributed by atoms with Crippen LogP contribution in [0.25, 0.3) is 0 Å². The van der Waals surface area contributed by atoms with Gasteiger partial charge in [0.15, 0.2) is 0 Å². The highest BCUT2D eigenvalue weighted by Crippen LogP contribution is 2.11. The van der Waals surface area contributed by atoms with Gasteiger partial charge in [-0.3, -0.25) is 14.4 Å². The van der Waals surface area contributed by atoms with Gasteiger partial charge in [-0.25, -0.2) is 0 Å². The Balaban J connectivity index is 4.81. The van der Waals surface area contributed by atoms with Crippen LogP contribution in [0.5, 0.6) is 0 Å². The van der Waals surface area contributed by atoms with Crippen LogP contribution in [0.2, 0.25) is 0 Å². The number of nitrogens with zero attached hydrogens (tertiary/aromatic N) is 1. The molecule has 0 radical (unpaired) electrons. The minimum atomic E-state index is -1.13. The van der Waals surface area contributed by atoms with Gasteiger partial charge in [-0.15, -0.1) is 0 Å². The van der Waals surface area contributed by atoms with E-state index in [1.54, 1.807) is 0 Å². The molecule has 3 amide bonds. The second-order valence-electron chi connectivity index (χ2n) is 3.81. The Morgan fingerprint density at radius 3 is 1.75 bits per heavy atom. The molecule has 7 heteroatoms. The Kier molecular flexibility index (Phi) is 4.90. The number of primary amides is 2. The van der Waals surface area contributed by atoms with Crippen LogP contribution < -0.4 is 11.5 Å². The van der Waals surface area contributed by atoms with E-state index in [2.05, 4.69) is 0 Å². The van der Waals surface area contributed by atoms with Gasteiger partial charge in [-0.2, -0.15) is 0 Å². The number of methoxy groups -OCH3 is 1. The summed E-state index contributed by atoms with van der Waals surface area (Å²) in [5.41, 5.74) is 8.80. The lowest BCUT2D eigenvalue weighted by Gasteiger charge is -2.29. The van der Waals surface area contributed by atoms with Crippen molar-refractivity contribution in [2.24, 2.45) is 11.5 Å². The van der Waals surface area contributed by atoms with Crippen LogP contribution in [-0.4, -0.2) is 48.4 Å². The molecule has 4 N–H and O–H groups in total. The van der Waals surface area contributed by atoms with E-state index in [4.69, 9.17) is 16.2 Å². The fourth-order valence-corrected chi connectivity index (χ4v) is 1.04. The highest BCUT2D eigenvalue weighted by atomic mass is 16.5. The summed E-state index contributed by atoms with van der Waals surface area (Å²) in [5, 5.41) is 0. The molecule has 0 fully saturated rings. The van der Waals surface area contributed by atoms with Crippen molar-refractivity contribution in [1.29, 1.82) is 0 Å². The van der Waals surface area contributed by atoms with Gasteiger partial charge in [0, 0.05) is 7.11 Å². The Morgan fingerprint density at radius 2 is 1.50 bits per heavy atom. The summed E-state index contributed by atoms with van der Waals surface area (Å²) in [5.74, 6) is -1.96. The van der Waals surface area contributed by atoms with Crippen molar-refractivity contribution in [3.05, 3.63) is 0 Å². The average Bonchev–Trinajstić information content (AvgIpc) is 2.14. The predicted octanol–water partition coefficient (Wildman–Crippen LogP) is -1.79. The fraction of sp³-hybridized carbons (Fsp3) is 0.667. The Labute approximate surface area is 93.7 Å². The normalized spacial score (nSPS) is 10.9. The molecule has 0 aliphatic heterocycles. The van der Waals surface area contributed by atoms with Crippen LogP contribution in [0.4, 0.5) is 0 Å². The molecule has 0 saturated heterocycles. The summed E-state index contributed by atoms with van der Waals surface area (Å²) in [6.45, 7) is 2.30. The van der Waals surface area contributed by atoms with Gasteiger partial charge < -0.3 is 21.1 Å². The highest BCUT2D eigenvalue weighted by Gasteiger charge is 2.33. The fourth-order valence-electron chi connectivity index (χ4n) is 1.04. The molecule has 0 aromatic carbocycles. The molecule has 0 spiro atoms. The third kappa shape index (κ3) is 4.26. The second kappa shape index (κ2) is 5.45. The summed E-state index contributed by atoms with van der Waals surface area (Å²) in [6.07, 6.45) is 0. The van der Waals surface area contributed by atoms with Crippen molar-refractivity contribution in [1.82, 2.24) is 4.90 Å². The molecule has 0 aromatic heterocycles. The van der Waals surface area contributed by atoms with E-state index >= 15 is 0 Å². The predicted molar refractivity (Wildman–Crippen MR) is 56.1 cm³/mol. The Bertz CT molecular complexity index is 285. The summed E-state index contributed by atoms with van der Waals surface area (Å²) >= 11 is 0. The van der Waals surface area contributed by atoms with Crippen LogP contribution in [0.3, 0.4) is 0 Å². The first-order valence-electron chi connectivity index (χ1n) is 4.62. The smallest absolute Gasteiger partial charge is 0.255 e. The summed E-state index contributed by atoms with van der Waals surface area (Å²) < 4.78 is 4.95. The number of carbonyl (C=O) groups excluding carboxylic acids is 3. The van der Waals surface area contributed by atoms with E-state index < -0.39 is 23.3 Å². The topological polar surface area (TPSA) is 116 Å². The Hall–Kier alpha value is -1.63. The standard InChI is InChI=1S/C9H17N3O4/c1-9(2,16-3)8(15)12(4-6(10)13)5-7(11)14/h4-5H2,1-3H3,(H2,10,13)(H2,11,14). The molecule has 0 saturated carbocycles. The van der Waals surface area contributed by atoms with E-state index in [1.807, 2.05) is 0 Å². The second-order valence-corrected chi connectivity index (χ2v) is 3.81. The maximum atomic E-state index is 11.9. The van der Waals surface area contributed by atoms with Crippen LogP contribution in [0.15, 0.2) is 0 Å². The van der Waals surface area contributed by atoms with Gasteiger partial charge in [-0.05, 0) is 13.8 Å². The maximum Gasteiger partial charge on any atom is 0.255 e. The Morgan fingerprint density at radius 1 is 1.12 bits per heavy atom. The van der Waals surface area contributed by atoms with E-state index in [-0.39, 0.29) is 13.1 Å². The number of hydrogen-bond donors (Lipinski definition) is 2. The quantitative estimate of drug-likeness (QED) is 0.561. The van der Waals surface area contributed by atoms with E-state index in [9.17, 15) is 14.4 Å². The molecule has 0 aromatic rings. The van der Waals surface area contributed by atoms with Crippen LogP contribution in [-0.2, 0) is 19.1 Å². The molecule has 92 valence electrons. The molecular formula is C9H17N3O4. The molecule has 0 bridgehead atoms. The van der Waals surface area contributed by atoms with Crippen molar-refractivity contribution in [2.75, 3.05) is 20.2 Å². The van der Waals surface area contributed by atoms with Crippen molar-refractivity contribution in [2.45, 2.75) is 19.4 Å². The van der Waals surface area contributed by atoms with E-state index in [0.717, 1.165) is 4.90 Å². The molecule has 7 nitrogen and oxygen atoms in total. The first-order valence-corrected chi connectivity index (χ1v) is 4.62. The first kappa shape index (κ1) is 14.4. The lowest BCUT2D eigenvalue weighted by molar-refractivity contribution is -0.154. The minimum absolute atomic E-state index is 0.367. The van der Waals surface area contributed by atoms with Gasteiger partial charge in [0.2, 0.25) is 11.8 Å². The molecule has 0 rings (SSSR count). The summed E-state index contributed by atoms with van der Waals surface area (Å²) in [4.78, 5) is 34.3. The number of amides is 3. The molecule has 0 atom stereocenters. The molecule has 0 unspecified atom stereocenters. The van der Waals surface area contributed by atoms with E-state index in [0.29, 0.717) is 0 Å². The van der Waals surface area contributed by atoms with Crippen LogP contribution in [0.1, 0.15) is 13.8 Å². The third-order valence-corrected chi connectivity index (χ3v) is 2.01. The van der Waals surface area contributed by atoms with Gasteiger partial charge in [0.25, 0.3) is 5.91 Å². The molecule has 0 aliphatic rings. The number of rotatable bonds is 6. The van der Waals surface area contributed by atoms with Crippen LogP contribution >= 0.6 is 0 Å².